The van der Waals surface area contributed by atoms with Crippen LogP contribution in [0.15, 0.2) is 42.5 Å². The van der Waals surface area contributed by atoms with E-state index in [4.69, 9.17) is 14.7 Å². The molecule has 2 aromatic rings. The summed E-state index contributed by atoms with van der Waals surface area (Å²) in [6.07, 6.45) is 0.698. The molecular formula is C18H16FNO3. The number of halogens is 1. The number of carbonyl (C=O) groups excluding carboxylic acids is 1. The zero-order valence-corrected chi connectivity index (χ0v) is 12.7. The van der Waals surface area contributed by atoms with Gasteiger partial charge < -0.3 is 9.47 Å². The fourth-order valence-corrected chi connectivity index (χ4v) is 2.06. The number of nitrogens with zero attached hydrogens (tertiary/aromatic N) is 1. The molecule has 4 nitrogen and oxygen atoms in total. The number of benzene rings is 2. The van der Waals surface area contributed by atoms with Crippen LogP contribution in [0.1, 0.15) is 23.1 Å². The molecule has 5 heteroatoms. The molecule has 2 rings (SSSR count). The quantitative estimate of drug-likeness (QED) is 0.767. The second kappa shape index (κ2) is 7.95. The van der Waals surface area contributed by atoms with Crippen LogP contribution in [0.2, 0.25) is 0 Å². The standard InChI is InChI=1S/C18H16FNO3/c1-22-16-4-2-3-13(10-16)6-8-18(21)23-12-15-9-14(11-20)5-7-17(15)19/h2-5,7,9-10H,6,8,12H2,1H3. The third kappa shape index (κ3) is 4.82. The topological polar surface area (TPSA) is 59.3 Å². The Hall–Kier alpha value is -2.87. The Morgan fingerprint density at radius 1 is 1.26 bits per heavy atom. The number of aryl methyl sites for hydroxylation is 1. The molecule has 0 bridgehead atoms. The van der Waals surface area contributed by atoms with Crippen molar-refractivity contribution < 1.29 is 18.7 Å². The van der Waals surface area contributed by atoms with Gasteiger partial charge in [0, 0.05) is 12.0 Å². The van der Waals surface area contributed by atoms with Crippen molar-refractivity contribution in [2.45, 2.75) is 19.4 Å². The summed E-state index contributed by atoms with van der Waals surface area (Å²) in [6, 6.07) is 13.3. The van der Waals surface area contributed by atoms with Crippen LogP contribution in [-0.2, 0) is 22.6 Å². The fourth-order valence-electron chi connectivity index (χ4n) is 2.06. The summed E-state index contributed by atoms with van der Waals surface area (Å²) < 4.78 is 23.8. The minimum Gasteiger partial charge on any atom is -0.497 e. The van der Waals surface area contributed by atoms with Gasteiger partial charge in [0.15, 0.2) is 0 Å². The molecule has 0 spiro atoms. The highest BCUT2D eigenvalue weighted by atomic mass is 19.1. The highest BCUT2D eigenvalue weighted by Gasteiger charge is 2.08. The van der Waals surface area contributed by atoms with E-state index >= 15 is 0 Å². The van der Waals surface area contributed by atoms with Crippen LogP contribution < -0.4 is 4.74 Å². The molecule has 2 aromatic carbocycles. The van der Waals surface area contributed by atoms with Gasteiger partial charge >= 0.3 is 5.97 Å². The van der Waals surface area contributed by atoms with E-state index in [0.717, 1.165) is 11.3 Å². The Morgan fingerprint density at radius 3 is 2.83 bits per heavy atom. The molecule has 0 heterocycles. The Labute approximate surface area is 134 Å². The zero-order valence-electron chi connectivity index (χ0n) is 12.7. The maximum absolute atomic E-state index is 13.6. The van der Waals surface area contributed by atoms with Crippen molar-refractivity contribution in [2.24, 2.45) is 0 Å². The minimum atomic E-state index is -0.496. The van der Waals surface area contributed by atoms with Crippen LogP contribution in [0.3, 0.4) is 0 Å². The van der Waals surface area contributed by atoms with Crippen molar-refractivity contribution >= 4 is 5.97 Å². The lowest BCUT2D eigenvalue weighted by molar-refractivity contribution is -0.144. The first-order valence-corrected chi connectivity index (χ1v) is 7.09. The van der Waals surface area contributed by atoms with Gasteiger partial charge in [-0.15, -0.1) is 0 Å². The van der Waals surface area contributed by atoms with Crippen LogP contribution >= 0.6 is 0 Å². The molecule has 0 aliphatic carbocycles. The highest BCUT2D eigenvalue weighted by Crippen LogP contribution is 2.15. The van der Waals surface area contributed by atoms with Crippen molar-refractivity contribution in [3.05, 3.63) is 65.0 Å². The maximum Gasteiger partial charge on any atom is 0.306 e. The zero-order chi connectivity index (χ0) is 16.7. The lowest BCUT2D eigenvalue weighted by Gasteiger charge is -2.07. The molecule has 0 aromatic heterocycles. The third-order valence-corrected chi connectivity index (χ3v) is 3.32. The summed E-state index contributed by atoms with van der Waals surface area (Å²) in [4.78, 5) is 11.8. The van der Waals surface area contributed by atoms with Gasteiger partial charge in [-0.05, 0) is 42.3 Å². The second-order valence-electron chi connectivity index (χ2n) is 4.93. The van der Waals surface area contributed by atoms with Crippen molar-refractivity contribution in [1.82, 2.24) is 0 Å². The van der Waals surface area contributed by atoms with E-state index in [9.17, 15) is 9.18 Å². The van der Waals surface area contributed by atoms with Crippen molar-refractivity contribution in [2.75, 3.05) is 7.11 Å². The van der Waals surface area contributed by atoms with Gasteiger partial charge in [0.2, 0.25) is 0 Å². The van der Waals surface area contributed by atoms with E-state index in [1.54, 1.807) is 7.11 Å². The molecule has 0 amide bonds. The average molecular weight is 313 g/mol. The van der Waals surface area contributed by atoms with E-state index in [1.807, 2.05) is 30.3 Å². The largest absolute Gasteiger partial charge is 0.497 e. The smallest absolute Gasteiger partial charge is 0.306 e. The Bertz CT molecular complexity index is 737. The first kappa shape index (κ1) is 16.5. The fraction of sp³-hybridized carbons (Fsp3) is 0.222. The number of nitriles is 1. The van der Waals surface area contributed by atoms with E-state index in [-0.39, 0.29) is 18.6 Å². The molecule has 0 atom stereocenters. The Balaban J connectivity index is 1.87. The van der Waals surface area contributed by atoms with Crippen molar-refractivity contribution in [1.29, 1.82) is 5.26 Å². The van der Waals surface area contributed by atoms with Gasteiger partial charge in [-0.1, -0.05) is 12.1 Å². The van der Waals surface area contributed by atoms with E-state index in [0.29, 0.717) is 12.0 Å². The summed E-state index contributed by atoms with van der Waals surface area (Å²) in [5, 5.41) is 8.79. The predicted octanol–water partition coefficient (Wildman–Crippen LogP) is 3.38. The summed E-state index contributed by atoms with van der Waals surface area (Å²) >= 11 is 0. The first-order chi connectivity index (χ1) is 11.1. The number of rotatable bonds is 6. The van der Waals surface area contributed by atoms with E-state index in [1.165, 1.54) is 18.2 Å². The van der Waals surface area contributed by atoms with Gasteiger partial charge in [-0.3, -0.25) is 4.79 Å². The van der Waals surface area contributed by atoms with E-state index < -0.39 is 11.8 Å². The maximum atomic E-state index is 13.6. The first-order valence-electron chi connectivity index (χ1n) is 7.09. The molecule has 0 fully saturated rings. The molecule has 0 saturated carbocycles. The summed E-state index contributed by atoms with van der Waals surface area (Å²) in [6.45, 7) is -0.182. The molecule has 0 aliphatic rings. The van der Waals surface area contributed by atoms with Gasteiger partial charge in [0.25, 0.3) is 0 Å². The number of carbonyl (C=O) groups is 1. The van der Waals surface area contributed by atoms with Crippen LogP contribution in [0.25, 0.3) is 0 Å². The molecule has 0 aliphatic heterocycles. The highest BCUT2D eigenvalue weighted by molar-refractivity contribution is 5.69. The molecule has 0 unspecified atom stereocenters. The van der Waals surface area contributed by atoms with Crippen LogP contribution in [0, 0.1) is 17.1 Å². The van der Waals surface area contributed by atoms with Gasteiger partial charge in [-0.25, -0.2) is 4.39 Å². The van der Waals surface area contributed by atoms with Crippen molar-refractivity contribution in [3.8, 4) is 11.8 Å². The summed E-state index contributed by atoms with van der Waals surface area (Å²) in [5.74, 6) is -0.189. The predicted molar refractivity (Wildman–Crippen MR) is 82.2 cm³/mol. The Kier molecular flexibility index (Phi) is 5.70. The average Bonchev–Trinajstić information content (AvgIpc) is 2.59. The molecule has 0 saturated heterocycles. The second-order valence-corrected chi connectivity index (χ2v) is 4.93. The minimum absolute atomic E-state index is 0.182. The van der Waals surface area contributed by atoms with Gasteiger partial charge in [0.05, 0.1) is 18.7 Å². The lowest BCUT2D eigenvalue weighted by Crippen LogP contribution is -2.07. The third-order valence-electron chi connectivity index (χ3n) is 3.32. The molecule has 0 radical (unpaired) electrons. The SMILES string of the molecule is COc1cccc(CCC(=O)OCc2cc(C#N)ccc2F)c1. The van der Waals surface area contributed by atoms with E-state index in [2.05, 4.69) is 0 Å². The Morgan fingerprint density at radius 2 is 2.09 bits per heavy atom. The van der Waals surface area contributed by atoms with Gasteiger partial charge in [0.1, 0.15) is 18.2 Å². The number of hydrogen-bond acceptors (Lipinski definition) is 4. The summed E-state index contributed by atoms with van der Waals surface area (Å²) in [5.41, 5.74) is 1.48. The van der Waals surface area contributed by atoms with Crippen LogP contribution in [0.4, 0.5) is 4.39 Å². The normalized spacial score (nSPS) is 9.96. The number of hydrogen-bond donors (Lipinski definition) is 0. The number of ether oxygens (including phenoxy) is 2. The van der Waals surface area contributed by atoms with Gasteiger partial charge in [-0.2, -0.15) is 5.26 Å². The van der Waals surface area contributed by atoms with Crippen LogP contribution in [-0.4, -0.2) is 13.1 Å². The lowest BCUT2D eigenvalue weighted by atomic mass is 10.1. The number of esters is 1. The monoisotopic (exact) mass is 313 g/mol. The molecule has 0 N–H and O–H groups in total. The molecule has 118 valence electrons. The van der Waals surface area contributed by atoms with Crippen LogP contribution in [0.5, 0.6) is 5.75 Å². The van der Waals surface area contributed by atoms with Crippen molar-refractivity contribution in [3.63, 3.8) is 0 Å². The molecular weight excluding hydrogens is 297 g/mol. The summed E-state index contributed by atoms with van der Waals surface area (Å²) in [7, 11) is 1.58. The molecule has 23 heavy (non-hydrogen) atoms. The number of methoxy groups -OCH3 is 1.